The van der Waals surface area contributed by atoms with Gasteiger partial charge in [0.2, 0.25) is 0 Å². The summed E-state index contributed by atoms with van der Waals surface area (Å²) in [4.78, 5) is 10.1. The second kappa shape index (κ2) is 8.18. The molecule has 2 aromatic heterocycles. The van der Waals surface area contributed by atoms with Crippen molar-refractivity contribution in [2.75, 3.05) is 19.6 Å². The summed E-state index contributed by atoms with van der Waals surface area (Å²) >= 11 is 0. The van der Waals surface area contributed by atoms with Gasteiger partial charge in [-0.3, -0.25) is 4.90 Å². The number of nitrogens with one attached hydrogen (secondary N) is 1. The highest BCUT2D eigenvalue weighted by Crippen LogP contribution is 2.27. The van der Waals surface area contributed by atoms with Gasteiger partial charge in [-0.1, -0.05) is 0 Å². The van der Waals surface area contributed by atoms with Gasteiger partial charge in [-0.25, -0.2) is 9.97 Å². The lowest BCUT2D eigenvalue weighted by Crippen LogP contribution is -2.42. The van der Waals surface area contributed by atoms with Crippen molar-refractivity contribution in [2.45, 2.75) is 44.9 Å². The van der Waals surface area contributed by atoms with E-state index in [1.807, 2.05) is 12.1 Å². The maximum absolute atomic E-state index is 12.8. The summed E-state index contributed by atoms with van der Waals surface area (Å²) in [6.07, 6.45) is -0.359. The lowest BCUT2D eigenvalue weighted by molar-refractivity contribution is -0.141. The van der Waals surface area contributed by atoms with Crippen molar-refractivity contribution in [3.05, 3.63) is 47.4 Å². The van der Waals surface area contributed by atoms with Gasteiger partial charge >= 0.3 is 6.18 Å². The van der Waals surface area contributed by atoms with Crippen molar-refractivity contribution in [3.8, 4) is 0 Å². The molecule has 0 spiro atoms. The second-order valence-electron chi connectivity index (χ2n) is 6.64. The van der Waals surface area contributed by atoms with E-state index in [1.165, 1.54) is 0 Å². The van der Waals surface area contributed by atoms with E-state index in [-0.39, 0.29) is 5.82 Å². The van der Waals surface area contributed by atoms with E-state index in [9.17, 15) is 13.2 Å². The van der Waals surface area contributed by atoms with Crippen LogP contribution < -0.4 is 5.32 Å². The summed E-state index contributed by atoms with van der Waals surface area (Å²) < 4.78 is 43.8. The number of rotatable bonds is 6. The maximum Gasteiger partial charge on any atom is 0.433 e. The zero-order valence-corrected chi connectivity index (χ0v) is 14.7. The van der Waals surface area contributed by atoms with Gasteiger partial charge in [-0.2, -0.15) is 13.2 Å². The predicted octanol–water partition coefficient (Wildman–Crippen LogP) is 3.19. The van der Waals surface area contributed by atoms with Gasteiger partial charge in [-0.05, 0) is 38.0 Å². The van der Waals surface area contributed by atoms with E-state index in [0.717, 1.165) is 44.3 Å². The summed E-state index contributed by atoms with van der Waals surface area (Å²) in [5, 5.41) is 3.42. The third kappa shape index (κ3) is 5.28. The Morgan fingerprint density at radius 3 is 2.69 bits per heavy atom. The first-order chi connectivity index (χ1) is 12.4. The Morgan fingerprint density at radius 1 is 1.27 bits per heavy atom. The topological polar surface area (TPSA) is 54.2 Å². The van der Waals surface area contributed by atoms with Gasteiger partial charge < -0.3 is 9.73 Å². The first-order valence-electron chi connectivity index (χ1n) is 8.80. The summed E-state index contributed by atoms with van der Waals surface area (Å²) in [6.45, 7) is 4.89. The molecule has 5 nitrogen and oxygen atoms in total. The molecule has 1 N–H and O–H groups in total. The fraction of sp³-hybridized carbons (Fsp3) is 0.556. The van der Waals surface area contributed by atoms with E-state index >= 15 is 0 Å². The molecular formula is C18H23F3N4O. The minimum Gasteiger partial charge on any atom is -0.468 e. The van der Waals surface area contributed by atoms with Crippen molar-refractivity contribution in [1.29, 1.82) is 0 Å². The number of likely N-dealkylation sites (tertiary alicyclic amines) is 1. The van der Waals surface area contributed by atoms with E-state index < -0.39 is 11.9 Å². The number of alkyl halides is 3. The highest BCUT2D eigenvalue weighted by Gasteiger charge is 2.33. The molecule has 142 valence electrons. The van der Waals surface area contributed by atoms with Crippen molar-refractivity contribution >= 4 is 0 Å². The fourth-order valence-corrected chi connectivity index (χ4v) is 3.19. The Kier molecular flexibility index (Phi) is 5.93. The van der Waals surface area contributed by atoms with Crippen LogP contribution in [-0.2, 0) is 19.1 Å². The molecule has 1 saturated heterocycles. The largest absolute Gasteiger partial charge is 0.468 e. The van der Waals surface area contributed by atoms with Crippen LogP contribution in [0.4, 0.5) is 13.2 Å². The van der Waals surface area contributed by atoms with Gasteiger partial charge in [-0.15, -0.1) is 0 Å². The average molecular weight is 368 g/mol. The van der Waals surface area contributed by atoms with Crippen LogP contribution in [0.2, 0.25) is 0 Å². The molecule has 3 rings (SSSR count). The Labute approximate surface area is 150 Å². The number of piperidine rings is 1. The first kappa shape index (κ1) is 18.8. The molecule has 2 aromatic rings. The number of hydrogen-bond acceptors (Lipinski definition) is 5. The standard InChI is InChI=1S/C18H23F3N4O/c1-13-11-16(18(19,20)21)24-17(23-13)4-7-22-14-5-8-25(9-6-14)12-15-3-2-10-26-15/h2-3,10-11,14,22H,4-9,12H2,1H3. The van der Waals surface area contributed by atoms with Crippen molar-refractivity contribution in [3.63, 3.8) is 0 Å². The monoisotopic (exact) mass is 368 g/mol. The van der Waals surface area contributed by atoms with Crippen LogP contribution in [0.15, 0.2) is 28.9 Å². The molecule has 0 atom stereocenters. The number of nitrogens with zero attached hydrogens (tertiary/aromatic N) is 3. The molecule has 0 unspecified atom stereocenters. The average Bonchev–Trinajstić information content (AvgIpc) is 3.08. The van der Waals surface area contributed by atoms with Crippen molar-refractivity contribution < 1.29 is 17.6 Å². The number of aromatic nitrogens is 2. The Hall–Kier alpha value is -1.93. The summed E-state index contributed by atoms with van der Waals surface area (Å²) in [6, 6.07) is 5.21. The first-order valence-corrected chi connectivity index (χ1v) is 8.80. The van der Waals surface area contributed by atoms with Gasteiger partial charge in [0.25, 0.3) is 0 Å². The van der Waals surface area contributed by atoms with E-state index in [0.29, 0.717) is 24.7 Å². The zero-order valence-electron chi connectivity index (χ0n) is 14.7. The highest BCUT2D eigenvalue weighted by atomic mass is 19.4. The third-order valence-electron chi connectivity index (χ3n) is 4.52. The van der Waals surface area contributed by atoms with Gasteiger partial charge in [0.05, 0.1) is 12.8 Å². The molecule has 0 saturated carbocycles. The minimum atomic E-state index is -4.43. The number of halogens is 3. The van der Waals surface area contributed by atoms with Gasteiger partial charge in [0.15, 0.2) is 0 Å². The van der Waals surface area contributed by atoms with Crippen LogP contribution in [0.3, 0.4) is 0 Å². The summed E-state index contributed by atoms with van der Waals surface area (Å²) in [5.41, 5.74) is -0.528. The summed E-state index contributed by atoms with van der Waals surface area (Å²) in [5.74, 6) is 1.20. The molecule has 3 heterocycles. The van der Waals surface area contributed by atoms with Crippen LogP contribution in [0, 0.1) is 6.92 Å². The normalized spacial score (nSPS) is 16.9. The van der Waals surface area contributed by atoms with Crippen LogP contribution in [0.25, 0.3) is 0 Å². The van der Waals surface area contributed by atoms with E-state index in [1.54, 1.807) is 13.2 Å². The van der Waals surface area contributed by atoms with Crippen LogP contribution >= 0.6 is 0 Å². The number of furan rings is 1. The zero-order chi connectivity index (χ0) is 18.6. The van der Waals surface area contributed by atoms with Crippen molar-refractivity contribution in [2.24, 2.45) is 0 Å². The van der Waals surface area contributed by atoms with E-state index in [2.05, 4.69) is 20.2 Å². The molecule has 0 bridgehead atoms. The molecule has 1 aliphatic heterocycles. The molecule has 26 heavy (non-hydrogen) atoms. The fourth-order valence-electron chi connectivity index (χ4n) is 3.19. The number of hydrogen-bond donors (Lipinski definition) is 1. The predicted molar refractivity (Wildman–Crippen MR) is 90.5 cm³/mol. The van der Waals surface area contributed by atoms with Crippen LogP contribution in [0.5, 0.6) is 0 Å². The SMILES string of the molecule is Cc1cc(C(F)(F)F)nc(CCNC2CCN(Cc3ccco3)CC2)n1. The van der Waals surface area contributed by atoms with Gasteiger partial charge in [0.1, 0.15) is 17.3 Å². The molecular weight excluding hydrogens is 345 g/mol. The summed E-state index contributed by atoms with van der Waals surface area (Å²) in [7, 11) is 0. The minimum absolute atomic E-state index is 0.236. The molecule has 8 heteroatoms. The lowest BCUT2D eigenvalue weighted by Gasteiger charge is -2.31. The Morgan fingerprint density at radius 2 is 2.04 bits per heavy atom. The van der Waals surface area contributed by atoms with Crippen LogP contribution in [0.1, 0.15) is 35.8 Å². The third-order valence-corrected chi connectivity index (χ3v) is 4.52. The molecule has 1 aliphatic rings. The van der Waals surface area contributed by atoms with E-state index in [4.69, 9.17) is 4.42 Å². The van der Waals surface area contributed by atoms with Crippen LogP contribution in [-0.4, -0.2) is 40.5 Å². The maximum atomic E-state index is 12.8. The molecule has 1 fully saturated rings. The second-order valence-corrected chi connectivity index (χ2v) is 6.64. The molecule has 0 amide bonds. The highest BCUT2D eigenvalue weighted by molar-refractivity contribution is 5.13. The number of aryl methyl sites for hydroxylation is 1. The molecule has 0 aromatic carbocycles. The van der Waals surface area contributed by atoms with Crippen molar-refractivity contribution in [1.82, 2.24) is 20.2 Å². The molecule has 0 radical (unpaired) electrons. The Balaban J connectivity index is 1.42. The Bertz CT molecular complexity index is 695. The molecule has 0 aliphatic carbocycles. The quantitative estimate of drug-likeness (QED) is 0.849. The van der Waals surface area contributed by atoms with Gasteiger partial charge in [0, 0.05) is 37.8 Å². The smallest absolute Gasteiger partial charge is 0.433 e. The lowest BCUT2D eigenvalue weighted by atomic mass is 10.0.